The fourth-order valence-electron chi connectivity index (χ4n) is 3.30. The van der Waals surface area contributed by atoms with Gasteiger partial charge in [-0.3, -0.25) is 9.36 Å². The highest BCUT2D eigenvalue weighted by Gasteiger charge is 2.23. The van der Waals surface area contributed by atoms with E-state index in [-0.39, 0.29) is 16.7 Å². The van der Waals surface area contributed by atoms with Crippen LogP contribution in [0.15, 0.2) is 47.6 Å². The second kappa shape index (κ2) is 9.06. The Morgan fingerprint density at radius 1 is 1.17 bits per heavy atom. The topological polar surface area (TPSA) is 63.1 Å². The van der Waals surface area contributed by atoms with Gasteiger partial charge in [0.25, 0.3) is 0 Å². The van der Waals surface area contributed by atoms with Crippen molar-refractivity contribution in [3.8, 4) is 5.69 Å². The van der Waals surface area contributed by atoms with Crippen LogP contribution >= 0.6 is 23.4 Å². The van der Waals surface area contributed by atoms with Gasteiger partial charge in [0, 0.05) is 13.1 Å². The van der Waals surface area contributed by atoms with Crippen molar-refractivity contribution < 1.29 is 9.18 Å². The number of aryl methyl sites for hydroxylation is 1. The fourth-order valence-corrected chi connectivity index (χ4v) is 4.27. The van der Waals surface area contributed by atoms with Crippen molar-refractivity contribution in [1.29, 1.82) is 0 Å². The van der Waals surface area contributed by atoms with Gasteiger partial charge in [-0.1, -0.05) is 41.1 Å². The predicted octanol–water partition coefficient (Wildman–Crippen LogP) is 4.70. The molecule has 6 nitrogen and oxygen atoms in total. The van der Waals surface area contributed by atoms with Crippen molar-refractivity contribution in [2.24, 2.45) is 0 Å². The van der Waals surface area contributed by atoms with Crippen LogP contribution in [0.4, 0.5) is 16.0 Å². The van der Waals surface area contributed by atoms with E-state index in [2.05, 4.69) is 20.4 Å². The van der Waals surface area contributed by atoms with Gasteiger partial charge in [0.1, 0.15) is 5.82 Å². The van der Waals surface area contributed by atoms with E-state index in [1.807, 2.05) is 35.8 Å². The summed E-state index contributed by atoms with van der Waals surface area (Å²) >= 11 is 7.29. The minimum atomic E-state index is -0.451. The molecule has 1 N–H and O–H groups in total. The zero-order valence-electron chi connectivity index (χ0n) is 16.4. The molecule has 30 heavy (non-hydrogen) atoms. The Morgan fingerprint density at radius 3 is 2.60 bits per heavy atom. The number of carbonyl (C=O) groups excluding carboxylic acids is 1. The molecule has 1 aliphatic rings. The summed E-state index contributed by atoms with van der Waals surface area (Å²) in [6.45, 7) is 3.92. The van der Waals surface area contributed by atoms with Crippen LogP contribution in [0.1, 0.15) is 18.4 Å². The number of thioether (sulfide) groups is 1. The Morgan fingerprint density at radius 2 is 1.90 bits per heavy atom. The van der Waals surface area contributed by atoms with Gasteiger partial charge in [0.2, 0.25) is 11.9 Å². The molecule has 2 heterocycles. The number of nitrogens with one attached hydrogen (secondary N) is 1. The first-order valence-corrected chi connectivity index (χ1v) is 11.0. The summed E-state index contributed by atoms with van der Waals surface area (Å²) in [6.07, 6.45) is 2.26. The first kappa shape index (κ1) is 20.7. The zero-order valence-corrected chi connectivity index (χ0v) is 18.0. The van der Waals surface area contributed by atoms with Crippen molar-refractivity contribution in [1.82, 2.24) is 14.8 Å². The molecule has 9 heteroatoms. The minimum Gasteiger partial charge on any atom is -0.341 e. The molecular weight excluding hydrogens is 425 g/mol. The van der Waals surface area contributed by atoms with Crippen LogP contribution in [-0.2, 0) is 4.79 Å². The van der Waals surface area contributed by atoms with E-state index < -0.39 is 5.82 Å². The Balaban J connectivity index is 1.53. The lowest BCUT2D eigenvalue weighted by Gasteiger charge is -2.18. The second-order valence-corrected chi connectivity index (χ2v) is 8.46. The number of aromatic nitrogens is 3. The van der Waals surface area contributed by atoms with Crippen LogP contribution in [0.5, 0.6) is 0 Å². The molecule has 4 rings (SSSR count). The molecule has 0 saturated carbocycles. The highest BCUT2D eigenvalue weighted by atomic mass is 35.5. The lowest BCUT2D eigenvalue weighted by molar-refractivity contribution is -0.113. The van der Waals surface area contributed by atoms with E-state index in [0.717, 1.165) is 37.6 Å². The lowest BCUT2D eigenvalue weighted by Crippen LogP contribution is -2.22. The molecule has 3 aromatic rings. The first-order valence-electron chi connectivity index (χ1n) is 9.66. The third kappa shape index (κ3) is 4.60. The number of amides is 1. The zero-order chi connectivity index (χ0) is 21.1. The molecule has 1 aliphatic heterocycles. The molecule has 0 spiro atoms. The number of nitrogens with zero attached hydrogens (tertiary/aromatic N) is 4. The molecule has 1 fully saturated rings. The van der Waals surface area contributed by atoms with Crippen LogP contribution in [0, 0.1) is 12.7 Å². The molecule has 2 aromatic carbocycles. The molecule has 0 radical (unpaired) electrons. The number of benzene rings is 2. The smallest absolute Gasteiger partial charge is 0.234 e. The SMILES string of the molecule is Cc1ccc(-n2c(SCC(=O)Nc3ccc(F)cc3Cl)nnc2N2CCCC2)cc1. The van der Waals surface area contributed by atoms with E-state index in [1.165, 1.54) is 35.5 Å². The van der Waals surface area contributed by atoms with Gasteiger partial charge in [-0.15, -0.1) is 10.2 Å². The Labute approximate surface area is 183 Å². The van der Waals surface area contributed by atoms with Crippen LogP contribution in [0.3, 0.4) is 0 Å². The Hall–Kier alpha value is -2.58. The number of carbonyl (C=O) groups is 1. The van der Waals surface area contributed by atoms with Crippen LogP contribution in [-0.4, -0.2) is 39.5 Å². The third-order valence-electron chi connectivity index (χ3n) is 4.83. The molecule has 0 atom stereocenters. The Bertz CT molecular complexity index is 1050. The van der Waals surface area contributed by atoms with Gasteiger partial charge < -0.3 is 10.2 Å². The average Bonchev–Trinajstić information content (AvgIpc) is 3.39. The van der Waals surface area contributed by atoms with Crippen LogP contribution in [0.2, 0.25) is 5.02 Å². The van der Waals surface area contributed by atoms with Gasteiger partial charge in [-0.05, 0) is 50.1 Å². The third-order valence-corrected chi connectivity index (χ3v) is 6.08. The fraction of sp³-hybridized carbons (Fsp3) is 0.286. The van der Waals surface area contributed by atoms with E-state index in [9.17, 15) is 9.18 Å². The van der Waals surface area contributed by atoms with E-state index in [0.29, 0.717) is 10.8 Å². The number of rotatable bonds is 6. The van der Waals surface area contributed by atoms with Gasteiger partial charge in [0.15, 0.2) is 5.16 Å². The van der Waals surface area contributed by atoms with Crippen molar-refractivity contribution in [2.45, 2.75) is 24.9 Å². The summed E-state index contributed by atoms with van der Waals surface area (Å²) < 4.78 is 15.2. The van der Waals surface area contributed by atoms with E-state index >= 15 is 0 Å². The summed E-state index contributed by atoms with van der Waals surface area (Å²) in [7, 11) is 0. The molecular formula is C21H21ClFN5OS. The molecule has 1 aromatic heterocycles. The lowest BCUT2D eigenvalue weighted by atomic mass is 10.2. The van der Waals surface area contributed by atoms with Crippen molar-refractivity contribution >= 4 is 40.9 Å². The maximum absolute atomic E-state index is 13.2. The predicted molar refractivity (Wildman–Crippen MR) is 118 cm³/mol. The first-order chi connectivity index (χ1) is 14.5. The summed E-state index contributed by atoms with van der Waals surface area (Å²) in [5, 5.41) is 12.3. The minimum absolute atomic E-state index is 0.123. The standard InChI is InChI=1S/C21H21ClFN5OS/c1-14-4-7-16(8-5-14)28-20(27-10-2-3-11-27)25-26-21(28)30-13-19(29)24-18-9-6-15(23)12-17(18)22/h4-9,12H,2-3,10-11,13H2,1H3,(H,24,29). The van der Waals surface area contributed by atoms with Gasteiger partial charge in [0.05, 0.1) is 22.2 Å². The molecule has 0 bridgehead atoms. The van der Waals surface area contributed by atoms with Crippen LogP contribution in [0.25, 0.3) is 5.69 Å². The largest absolute Gasteiger partial charge is 0.341 e. The number of hydrogen-bond acceptors (Lipinski definition) is 5. The summed E-state index contributed by atoms with van der Waals surface area (Å²) in [5.74, 6) is 0.209. The molecule has 156 valence electrons. The van der Waals surface area contributed by atoms with Gasteiger partial charge >= 0.3 is 0 Å². The highest BCUT2D eigenvalue weighted by molar-refractivity contribution is 7.99. The van der Waals surface area contributed by atoms with Crippen LogP contribution < -0.4 is 10.2 Å². The van der Waals surface area contributed by atoms with Crippen molar-refractivity contribution in [2.75, 3.05) is 29.1 Å². The second-order valence-electron chi connectivity index (χ2n) is 7.11. The van der Waals surface area contributed by atoms with Gasteiger partial charge in [-0.25, -0.2) is 4.39 Å². The normalized spacial score (nSPS) is 13.6. The summed E-state index contributed by atoms with van der Waals surface area (Å²) in [5.41, 5.74) is 2.50. The Kier molecular flexibility index (Phi) is 6.24. The maximum Gasteiger partial charge on any atom is 0.234 e. The number of halogens is 2. The van der Waals surface area contributed by atoms with Gasteiger partial charge in [-0.2, -0.15) is 0 Å². The molecule has 0 unspecified atom stereocenters. The van der Waals surface area contributed by atoms with E-state index in [1.54, 1.807) is 0 Å². The number of hydrogen-bond donors (Lipinski definition) is 1. The molecule has 1 saturated heterocycles. The van der Waals surface area contributed by atoms with Crippen molar-refractivity contribution in [3.63, 3.8) is 0 Å². The quantitative estimate of drug-likeness (QED) is 0.557. The monoisotopic (exact) mass is 445 g/mol. The van der Waals surface area contributed by atoms with E-state index in [4.69, 9.17) is 11.6 Å². The number of anilines is 2. The maximum atomic E-state index is 13.2. The molecule has 0 aliphatic carbocycles. The highest BCUT2D eigenvalue weighted by Crippen LogP contribution is 2.29. The molecule has 1 amide bonds. The van der Waals surface area contributed by atoms with Crippen molar-refractivity contribution in [3.05, 3.63) is 58.9 Å². The summed E-state index contributed by atoms with van der Waals surface area (Å²) in [4.78, 5) is 14.6. The average molecular weight is 446 g/mol. The summed E-state index contributed by atoms with van der Waals surface area (Å²) in [6, 6.07) is 12.0.